The van der Waals surface area contributed by atoms with E-state index in [4.69, 9.17) is 4.74 Å². The summed E-state index contributed by atoms with van der Waals surface area (Å²) >= 11 is 0. The van der Waals surface area contributed by atoms with Crippen molar-refractivity contribution >= 4 is 18.0 Å². The monoisotopic (exact) mass is 373 g/mol. The molecule has 3 aromatic carbocycles. The van der Waals surface area contributed by atoms with Crippen LogP contribution < -0.4 is 10.1 Å². The first-order valence-corrected chi connectivity index (χ1v) is 8.70. The summed E-state index contributed by atoms with van der Waals surface area (Å²) in [7, 11) is 0. The van der Waals surface area contributed by atoms with Crippen LogP contribution in [0.25, 0.3) is 6.08 Å². The average molecular weight is 373 g/mol. The van der Waals surface area contributed by atoms with Crippen molar-refractivity contribution in [3.63, 3.8) is 0 Å². The van der Waals surface area contributed by atoms with E-state index < -0.39 is 11.9 Å². The normalized spacial score (nSPS) is 10.9. The number of ether oxygens (including phenoxy) is 1. The molecule has 0 fully saturated rings. The average Bonchev–Trinajstić information content (AvgIpc) is 2.74. The number of para-hydroxylation sites is 1. The molecule has 0 spiro atoms. The fourth-order valence-electron chi connectivity index (χ4n) is 2.50. The van der Waals surface area contributed by atoms with Gasteiger partial charge in [0.2, 0.25) is 0 Å². The first-order chi connectivity index (χ1) is 13.6. The molecule has 0 bridgehead atoms. The van der Waals surface area contributed by atoms with Gasteiger partial charge in [0.05, 0.1) is 0 Å². The van der Waals surface area contributed by atoms with Crippen LogP contribution in [0.15, 0.2) is 90.6 Å². The van der Waals surface area contributed by atoms with Gasteiger partial charge in [0, 0.05) is 5.56 Å². The second kappa shape index (κ2) is 9.19. The number of carboxylic acids is 1. The Bertz CT molecular complexity index is 965. The molecule has 0 atom stereocenters. The van der Waals surface area contributed by atoms with E-state index in [0.29, 0.717) is 17.7 Å². The predicted octanol–water partition coefficient (Wildman–Crippen LogP) is 4.12. The summed E-state index contributed by atoms with van der Waals surface area (Å²) in [6, 6.07) is 25.2. The van der Waals surface area contributed by atoms with E-state index in [2.05, 4.69) is 5.32 Å². The quantitative estimate of drug-likeness (QED) is 0.611. The van der Waals surface area contributed by atoms with Crippen molar-refractivity contribution in [3.8, 4) is 5.75 Å². The van der Waals surface area contributed by atoms with Gasteiger partial charge in [0.15, 0.2) is 0 Å². The first-order valence-electron chi connectivity index (χ1n) is 8.70. The standard InChI is InChI=1S/C23H19NO4/c25-22(19-7-3-1-4-8-19)24-21(23(26)27)15-17-11-13-18(14-12-17)16-28-20-9-5-2-6-10-20/h1-15H,16H2,(H,24,25)(H,26,27)/b21-15-. The van der Waals surface area contributed by atoms with E-state index in [1.54, 1.807) is 42.5 Å². The van der Waals surface area contributed by atoms with Gasteiger partial charge in [-0.05, 0) is 41.5 Å². The minimum absolute atomic E-state index is 0.192. The van der Waals surface area contributed by atoms with Crippen molar-refractivity contribution in [2.45, 2.75) is 6.61 Å². The Labute approximate surface area is 162 Å². The van der Waals surface area contributed by atoms with E-state index in [9.17, 15) is 14.7 Å². The van der Waals surface area contributed by atoms with Gasteiger partial charge in [0.1, 0.15) is 18.1 Å². The van der Waals surface area contributed by atoms with E-state index >= 15 is 0 Å². The second-order valence-electron chi connectivity index (χ2n) is 6.03. The van der Waals surface area contributed by atoms with Crippen molar-refractivity contribution in [3.05, 3.63) is 107 Å². The molecule has 28 heavy (non-hydrogen) atoms. The summed E-state index contributed by atoms with van der Waals surface area (Å²) < 4.78 is 5.69. The van der Waals surface area contributed by atoms with Crippen LogP contribution in [0.5, 0.6) is 5.75 Å². The molecule has 0 heterocycles. The molecule has 0 saturated carbocycles. The maximum Gasteiger partial charge on any atom is 0.352 e. The lowest BCUT2D eigenvalue weighted by Crippen LogP contribution is -2.27. The molecular formula is C23H19NO4. The van der Waals surface area contributed by atoms with Gasteiger partial charge in [-0.2, -0.15) is 0 Å². The van der Waals surface area contributed by atoms with Gasteiger partial charge in [0.25, 0.3) is 5.91 Å². The number of hydrogen-bond donors (Lipinski definition) is 2. The summed E-state index contributed by atoms with van der Waals surface area (Å²) in [4.78, 5) is 23.7. The Hall–Kier alpha value is -3.86. The molecule has 0 aliphatic carbocycles. The minimum atomic E-state index is -1.21. The number of aliphatic carboxylic acids is 1. The van der Waals surface area contributed by atoms with E-state index in [1.807, 2.05) is 42.5 Å². The number of amides is 1. The Morgan fingerprint density at radius 3 is 2.07 bits per heavy atom. The molecule has 140 valence electrons. The molecule has 5 heteroatoms. The van der Waals surface area contributed by atoms with E-state index in [-0.39, 0.29) is 5.70 Å². The Balaban J connectivity index is 1.67. The SMILES string of the molecule is O=C(O)/C(=C/c1ccc(COc2ccccc2)cc1)NC(=O)c1ccccc1. The zero-order chi connectivity index (χ0) is 19.8. The van der Waals surface area contributed by atoms with Gasteiger partial charge in [-0.15, -0.1) is 0 Å². The molecule has 2 N–H and O–H groups in total. The maximum atomic E-state index is 12.2. The summed E-state index contributed by atoms with van der Waals surface area (Å²) in [6.45, 7) is 0.407. The van der Waals surface area contributed by atoms with E-state index in [0.717, 1.165) is 11.3 Å². The lowest BCUT2D eigenvalue weighted by Gasteiger charge is -2.08. The van der Waals surface area contributed by atoms with Crippen molar-refractivity contribution in [2.24, 2.45) is 0 Å². The topological polar surface area (TPSA) is 75.6 Å². The highest BCUT2D eigenvalue weighted by Crippen LogP contribution is 2.13. The Morgan fingerprint density at radius 1 is 0.857 bits per heavy atom. The number of nitrogens with one attached hydrogen (secondary N) is 1. The number of rotatable bonds is 7. The number of carboxylic acid groups (broad SMARTS) is 1. The highest BCUT2D eigenvalue weighted by Gasteiger charge is 2.13. The highest BCUT2D eigenvalue weighted by molar-refractivity contribution is 6.02. The van der Waals surface area contributed by atoms with Crippen LogP contribution in [0, 0.1) is 0 Å². The highest BCUT2D eigenvalue weighted by atomic mass is 16.5. The summed E-state index contributed by atoms with van der Waals surface area (Å²) in [6.07, 6.45) is 1.42. The van der Waals surface area contributed by atoms with Gasteiger partial charge in [-0.1, -0.05) is 60.7 Å². The smallest absolute Gasteiger partial charge is 0.352 e. The summed E-state index contributed by atoms with van der Waals surface area (Å²) in [5, 5.41) is 11.8. The molecule has 0 unspecified atom stereocenters. The largest absolute Gasteiger partial charge is 0.489 e. The third-order valence-electron chi connectivity index (χ3n) is 3.95. The molecule has 0 aromatic heterocycles. The molecule has 3 rings (SSSR count). The third-order valence-corrected chi connectivity index (χ3v) is 3.95. The Morgan fingerprint density at radius 2 is 1.46 bits per heavy atom. The zero-order valence-corrected chi connectivity index (χ0v) is 15.0. The number of hydrogen-bond acceptors (Lipinski definition) is 3. The number of carbonyl (C=O) groups is 2. The van der Waals surface area contributed by atoms with Crippen molar-refractivity contribution in [1.29, 1.82) is 0 Å². The van der Waals surface area contributed by atoms with E-state index in [1.165, 1.54) is 6.08 Å². The third kappa shape index (κ3) is 5.32. The summed E-state index contributed by atoms with van der Waals surface area (Å²) in [5.74, 6) is -0.897. The zero-order valence-electron chi connectivity index (χ0n) is 15.0. The fourth-order valence-corrected chi connectivity index (χ4v) is 2.50. The lowest BCUT2D eigenvalue weighted by atomic mass is 10.1. The van der Waals surface area contributed by atoms with Crippen LogP contribution in [0.1, 0.15) is 21.5 Å². The van der Waals surface area contributed by atoms with Crippen LogP contribution >= 0.6 is 0 Å². The van der Waals surface area contributed by atoms with Crippen LogP contribution in [0.4, 0.5) is 0 Å². The predicted molar refractivity (Wildman–Crippen MR) is 107 cm³/mol. The molecule has 5 nitrogen and oxygen atoms in total. The number of carbonyl (C=O) groups excluding carboxylic acids is 1. The van der Waals surface area contributed by atoms with Crippen LogP contribution in [-0.4, -0.2) is 17.0 Å². The van der Waals surface area contributed by atoms with Gasteiger partial charge in [-0.25, -0.2) is 4.79 Å². The van der Waals surface area contributed by atoms with Crippen LogP contribution in [0.2, 0.25) is 0 Å². The summed E-state index contributed by atoms with van der Waals surface area (Å²) in [5.41, 5.74) is 1.81. The van der Waals surface area contributed by atoms with Crippen molar-refractivity contribution < 1.29 is 19.4 Å². The van der Waals surface area contributed by atoms with Gasteiger partial charge >= 0.3 is 5.97 Å². The van der Waals surface area contributed by atoms with Crippen LogP contribution in [-0.2, 0) is 11.4 Å². The van der Waals surface area contributed by atoms with Gasteiger partial charge < -0.3 is 15.2 Å². The number of benzene rings is 3. The molecule has 1 amide bonds. The molecule has 3 aromatic rings. The van der Waals surface area contributed by atoms with Crippen molar-refractivity contribution in [2.75, 3.05) is 0 Å². The minimum Gasteiger partial charge on any atom is -0.489 e. The first kappa shape index (κ1) is 18.9. The molecular weight excluding hydrogens is 354 g/mol. The van der Waals surface area contributed by atoms with Crippen molar-refractivity contribution in [1.82, 2.24) is 5.32 Å². The molecule has 0 radical (unpaired) electrons. The second-order valence-corrected chi connectivity index (χ2v) is 6.03. The lowest BCUT2D eigenvalue weighted by molar-refractivity contribution is -0.132. The molecule has 0 saturated heterocycles. The van der Waals surface area contributed by atoms with Gasteiger partial charge in [-0.3, -0.25) is 4.79 Å². The Kier molecular flexibility index (Phi) is 6.21. The molecule has 0 aliphatic rings. The molecule has 0 aliphatic heterocycles. The maximum absolute atomic E-state index is 12.2. The van der Waals surface area contributed by atoms with Crippen LogP contribution in [0.3, 0.4) is 0 Å². The fraction of sp³-hybridized carbons (Fsp3) is 0.0435.